The number of hydrogen-bond donors (Lipinski definition) is 1. The molecule has 1 fully saturated rings. The monoisotopic (exact) mass is 398 g/mol. The molecular formula is C17H20F2N4O3S. The highest BCUT2D eigenvalue weighted by atomic mass is 32.1. The number of nitrogens with one attached hydrogen (secondary N) is 1. The van der Waals surface area contributed by atoms with Crippen LogP contribution in [-0.4, -0.2) is 46.6 Å². The Balaban J connectivity index is 1.63. The van der Waals surface area contributed by atoms with E-state index in [0.29, 0.717) is 18.0 Å². The number of hydrogen-bond acceptors (Lipinski definition) is 7. The Kier molecular flexibility index (Phi) is 5.85. The Morgan fingerprint density at radius 1 is 1.48 bits per heavy atom. The third-order valence-electron chi connectivity index (χ3n) is 4.25. The molecule has 2 aromatic heterocycles. The summed E-state index contributed by atoms with van der Waals surface area (Å²) in [6.07, 6.45) is 1.62. The van der Waals surface area contributed by atoms with Crippen molar-refractivity contribution in [1.29, 1.82) is 0 Å². The third-order valence-corrected chi connectivity index (χ3v) is 5.18. The van der Waals surface area contributed by atoms with Gasteiger partial charge in [-0.25, -0.2) is 9.37 Å². The molecule has 0 aromatic carbocycles. The number of rotatable bonds is 6. The molecule has 1 aliphatic rings. The summed E-state index contributed by atoms with van der Waals surface area (Å²) in [7, 11) is 1.38. The zero-order chi connectivity index (χ0) is 19.6. The van der Waals surface area contributed by atoms with Crippen molar-refractivity contribution in [2.24, 2.45) is 0 Å². The zero-order valence-electron chi connectivity index (χ0n) is 15.2. The first-order chi connectivity index (χ1) is 12.9. The molecule has 0 unspecified atom stereocenters. The fraction of sp³-hybridized carbons (Fsp3) is 0.471. The van der Waals surface area contributed by atoms with Crippen LogP contribution in [0.3, 0.4) is 0 Å². The van der Waals surface area contributed by atoms with Gasteiger partial charge in [-0.05, 0) is 6.92 Å². The summed E-state index contributed by atoms with van der Waals surface area (Å²) in [5.74, 6) is -1.07. The fourth-order valence-electron chi connectivity index (χ4n) is 2.96. The van der Waals surface area contributed by atoms with Crippen LogP contribution in [0, 0.1) is 11.8 Å². The van der Waals surface area contributed by atoms with Gasteiger partial charge in [0, 0.05) is 38.5 Å². The van der Waals surface area contributed by atoms with E-state index in [1.807, 2.05) is 6.92 Å². The Morgan fingerprint density at radius 2 is 2.26 bits per heavy atom. The fourth-order valence-corrected chi connectivity index (χ4v) is 3.88. The number of methoxy groups -OCH3 is 1. The number of pyridine rings is 1. The van der Waals surface area contributed by atoms with Crippen LogP contribution in [-0.2, 0) is 11.3 Å². The molecule has 0 bridgehead atoms. The summed E-state index contributed by atoms with van der Waals surface area (Å²) < 4.78 is 38.3. The average molecular weight is 398 g/mol. The molecule has 2 aromatic rings. The van der Waals surface area contributed by atoms with Gasteiger partial charge in [-0.15, -0.1) is 0 Å². The Hall–Kier alpha value is -2.33. The molecule has 0 spiro atoms. The first-order valence-corrected chi connectivity index (χ1v) is 9.20. The molecule has 0 radical (unpaired) electrons. The SMILES string of the molecule is COc1cc(O[C@@H]2C[C@H](C)N(Cc3sc(NC(C)=O)nc3F)C2)ncc1F. The second-order valence-corrected chi connectivity index (χ2v) is 7.41. The van der Waals surface area contributed by atoms with Gasteiger partial charge in [-0.1, -0.05) is 11.3 Å². The van der Waals surface area contributed by atoms with Crippen LogP contribution < -0.4 is 14.8 Å². The molecule has 0 saturated carbocycles. The van der Waals surface area contributed by atoms with Gasteiger partial charge in [0.2, 0.25) is 17.7 Å². The highest BCUT2D eigenvalue weighted by molar-refractivity contribution is 7.15. The van der Waals surface area contributed by atoms with Gasteiger partial charge < -0.3 is 14.8 Å². The van der Waals surface area contributed by atoms with E-state index >= 15 is 0 Å². The summed E-state index contributed by atoms with van der Waals surface area (Å²) >= 11 is 1.12. The minimum atomic E-state index is -0.578. The maximum atomic E-state index is 14.0. The van der Waals surface area contributed by atoms with E-state index in [2.05, 4.69) is 20.2 Å². The van der Waals surface area contributed by atoms with Crippen LogP contribution in [0.4, 0.5) is 13.9 Å². The molecule has 1 saturated heterocycles. The Labute approximate surface area is 159 Å². The predicted octanol–water partition coefficient (Wildman–Crippen LogP) is 2.83. The van der Waals surface area contributed by atoms with E-state index in [9.17, 15) is 13.6 Å². The van der Waals surface area contributed by atoms with Crippen molar-refractivity contribution in [2.75, 3.05) is 19.0 Å². The van der Waals surface area contributed by atoms with Gasteiger partial charge in [-0.3, -0.25) is 9.69 Å². The van der Waals surface area contributed by atoms with Gasteiger partial charge >= 0.3 is 0 Å². The van der Waals surface area contributed by atoms with Gasteiger partial charge in [0.05, 0.1) is 18.2 Å². The van der Waals surface area contributed by atoms with E-state index in [1.165, 1.54) is 20.1 Å². The number of anilines is 1. The summed E-state index contributed by atoms with van der Waals surface area (Å²) in [4.78, 5) is 21.3. The van der Waals surface area contributed by atoms with Crippen molar-refractivity contribution in [1.82, 2.24) is 14.9 Å². The van der Waals surface area contributed by atoms with E-state index in [4.69, 9.17) is 9.47 Å². The smallest absolute Gasteiger partial charge is 0.230 e. The number of amides is 1. The molecule has 1 aliphatic heterocycles. The van der Waals surface area contributed by atoms with Crippen molar-refractivity contribution in [3.63, 3.8) is 0 Å². The summed E-state index contributed by atoms with van der Waals surface area (Å²) in [6, 6.07) is 1.56. The molecule has 27 heavy (non-hydrogen) atoms. The third kappa shape index (κ3) is 4.69. The number of carbonyl (C=O) groups is 1. The number of thiazole rings is 1. The first-order valence-electron chi connectivity index (χ1n) is 8.38. The number of halogens is 2. The average Bonchev–Trinajstić information content (AvgIpc) is 3.11. The predicted molar refractivity (Wildman–Crippen MR) is 96.0 cm³/mol. The zero-order valence-corrected chi connectivity index (χ0v) is 16.0. The lowest BCUT2D eigenvalue weighted by Crippen LogP contribution is -2.28. The van der Waals surface area contributed by atoms with E-state index in [0.717, 1.165) is 24.0 Å². The van der Waals surface area contributed by atoms with E-state index in [-0.39, 0.29) is 34.8 Å². The van der Waals surface area contributed by atoms with Gasteiger partial charge in [0.25, 0.3) is 0 Å². The quantitative estimate of drug-likeness (QED) is 0.806. The molecule has 3 rings (SSSR count). The maximum Gasteiger partial charge on any atom is 0.230 e. The van der Waals surface area contributed by atoms with Crippen LogP contribution in [0.1, 0.15) is 25.1 Å². The van der Waals surface area contributed by atoms with E-state index in [1.54, 1.807) is 0 Å². The number of carbonyl (C=O) groups excluding carboxylic acids is 1. The van der Waals surface area contributed by atoms with Crippen molar-refractivity contribution in [2.45, 2.75) is 39.0 Å². The van der Waals surface area contributed by atoms with E-state index < -0.39 is 11.8 Å². The number of ether oxygens (including phenoxy) is 2. The van der Waals surface area contributed by atoms with Crippen LogP contribution in [0.15, 0.2) is 12.3 Å². The lowest BCUT2D eigenvalue weighted by atomic mass is 10.2. The molecule has 1 N–H and O–H groups in total. The minimum absolute atomic E-state index is 0.0696. The molecule has 146 valence electrons. The Bertz CT molecular complexity index is 833. The van der Waals surface area contributed by atoms with Crippen molar-refractivity contribution in [3.05, 3.63) is 28.9 Å². The van der Waals surface area contributed by atoms with Crippen molar-refractivity contribution < 1.29 is 23.0 Å². The summed E-state index contributed by atoms with van der Waals surface area (Å²) in [5, 5.41) is 2.74. The number of nitrogens with zero attached hydrogens (tertiary/aromatic N) is 3. The molecule has 1 amide bonds. The minimum Gasteiger partial charge on any atom is -0.493 e. The highest BCUT2D eigenvalue weighted by Crippen LogP contribution is 2.29. The molecular weight excluding hydrogens is 378 g/mol. The standard InChI is InChI=1S/C17H20F2N4O3S/c1-9-4-11(26-15-5-13(25-3)12(18)6-20-15)7-23(9)8-14-16(19)22-17(27-14)21-10(2)24/h5-6,9,11H,4,7-8H2,1-3H3,(H,21,22,24)/t9-,11+/m0/s1. The molecule has 3 heterocycles. The topological polar surface area (TPSA) is 76.6 Å². The molecule has 2 atom stereocenters. The molecule has 10 heteroatoms. The van der Waals surface area contributed by atoms with Gasteiger partial charge in [0.1, 0.15) is 6.10 Å². The molecule has 0 aliphatic carbocycles. The Morgan fingerprint density at radius 3 is 2.96 bits per heavy atom. The second kappa shape index (κ2) is 8.13. The summed E-state index contributed by atoms with van der Waals surface area (Å²) in [5.41, 5.74) is 0. The molecule has 7 nitrogen and oxygen atoms in total. The van der Waals surface area contributed by atoms with Gasteiger partial charge in [0.15, 0.2) is 16.7 Å². The van der Waals surface area contributed by atoms with Crippen LogP contribution >= 0.6 is 11.3 Å². The largest absolute Gasteiger partial charge is 0.493 e. The lowest BCUT2D eigenvalue weighted by molar-refractivity contribution is -0.114. The highest BCUT2D eigenvalue weighted by Gasteiger charge is 2.32. The second-order valence-electron chi connectivity index (χ2n) is 6.33. The van der Waals surface area contributed by atoms with Crippen molar-refractivity contribution >= 4 is 22.4 Å². The normalized spacial score (nSPS) is 19.9. The van der Waals surface area contributed by atoms with Crippen LogP contribution in [0.2, 0.25) is 0 Å². The maximum absolute atomic E-state index is 14.0. The summed E-state index contributed by atoms with van der Waals surface area (Å²) in [6.45, 7) is 4.30. The number of likely N-dealkylation sites (tertiary alicyclic amines) is 1. The number of aromatic nitrogens is 2. The van der Waals surface area contributed by atoms with Crippen molar-refractivity contribution in [3.8, 4) is 11.6 Å². The lowest BCUT2D eigenvalue weighted by Gasteiger charge is -2.19. The van der Waals surface area contributed by atoms with Crippen LogP contribution in [0.5, 0.6) is 11.6 Å². The van der Waals surface area contributed by atoms with Crippen LogP contribution in [0.25, 0.3) is 0 Å². The van der Waals surface area contributed by atoms with Gasteiger partial charge in [-0.2, -0.15) is 9.37 Å². The first kappa shape index (κ1) is 19.4.